The van der Waals surface area contributed by atoms with Gasteiger partial charge in [-0.25, -0.2) is 0 Å². The van der Waals surface area contributed by atoms with Crippen LogP contribution >= 0.6 is 39.1 Å². The van der Waals surface area contributed by atoms with Crippen LogP contribution in [0.2, 0.25) is 10.0 Å². The lowest BCUT2D eigenvalue weighted by Crippen LogP contribution is -2.22. The molecule has 2 aromatic rings. The Bertz CT molecular complexity index is 606. The standard InChI is InChI=1S/C17H15BrCl2/c18-16(11-12-6-7-14(19)15(20)10-12)17(8-9-17)13-4-2-1-3-5-13/h1-7,10,16H,8-9,11H2. The minimum Gasteiger partial charge on any atom is -0.0877 e. The first kappa shape index (κ1) is 14.4. The molecule has 3 rings (SSSR count). The zero-order valence-corrected chi connectivity index (χ0v) is 14.0. The van der Waals surface area contributed by atoms with Crippen molar-refractivity contribution in [2.75, 3.05) is 0 Å². The Kier molecular flexibility index (Phi) is 4.12. The number of alkyl halides is 1. The molecule has 104 valence electrons. The molecule has 20 heavy (non-hydrogen) atoms. The molecule has 0 spiro atoms. The fourth-order valence-corrected chi connectivity index (χ4v) is 4.17. The number of benzene rings is 2. The highest BCUT2D eigenvalue weighted by atomic mass is 79.9. The third-order valence-corrected chi connectivity index (χ3v) is 6.08. The summed E-state index contributed by atoms with van der Waals surface area (Å²) in [6, 6.07) is 16.7. The molecule has 0 saturated heterocycles. The lowest BCUT2D eigenvalue weighted by molar-refractivity contribution is 0.647. The van der Waals surface area contributed by atoms with E-state index in [9.17, 15) is 0 Å². The van der Waals surface area contributed by atoms with Crippen LogP contribution in [0.25, 0.3) is 0 Å². The molecule has 3 heteroatoms. The molecule has 1 atom stereocenters. The summed E-state index contributed by atoms with van der Waals surface area (Å²) in [5.41, 5.74) is 2.94. The van der Waals surface area contributed by atoms with Gasteiger partial charge in [0.25, 0.3) is 0 Å². The van der Waals surface area contributed by atoms with E-state index in [0.29, 0.717) is 14.9 Å². The summed E-state index contributed by atoms with van der Waals surface area (Å²) in [5.74, 6) is 0. The van der Waals surface area contributed by atoms with E-state index in [2.05, 4.69) is 52.3 Å². The van der Waals surface area contributed by atoms with Crippen molar-refractivity contribution in [2.24, 2.45) is 0 Å². The third-order valence-electron chi connectivity index (χ3n) is 4.14. The monoisotopic (exact) mass is 368 g/mol. The summed E-state index contributed by atoms with van der Waals surface area (Å²) in [4.78, 5) is 0.426. The minimum absolute atomic E-state index is 0.285. The molecule has 0 bridgehead atoms. The Morgan fingerprint density at radius 2 is 1.70 bits per heavy atom. The molecule has 0 aromatic heterocycles. The van der Waals surface area contributed by atoms with Crippen LogP contribution in [-0.2, 0) is 11.8 Å². The normalized spacial score (nSPS) is 17.8. The van der Waals surface area contributed by atoms with E-state index in [-0.39, 0.29) is 5.41 Å². The molecule has 0 radical (unpaired) electrons. The smallest absolute Gasteiger partial charge is 0.0595 e. The van der Waals surface area contributed by atoms with Crippen LogP contribution in [0, 0.1) is 0 Å². The van der Waals surface area contributed by atoms with Crippen LogP contribution in [0.1, 0.15) is 24.0 Å². The highest BCUT2D eigenvalue weighted by molar-refractivity contribution is 9.09. The lowest BCUT2D eigenvalue weighted by atomic mass is 9.89. The van der Waals surface area contributed by atoms with Crippen molar-refractivity contribution in [1.29, 1.82) is 0 Å². The van der Waals surface area contributed by atoms with E-state index in [0.717, 1.165) is 6.42 Å². The van der Waals surface area contributed by atoms with Gasteiger partial charge in [0.1, 0.15) is 0 Å². The molecular weight excluding hydrogens is 355 g/mol. The van der Waals surface area contributed by atoms with Crippen molar-refractivity contribution in [1.82, 2.24) is 0 Å². The summed E-state index contributed by atoms with van der Waals surface area (Å²) in [7, 11) is 0. The number of halogens is 3. The molecule has 1 aliphatic carbocycles. The van der Waals surface area contributed by atoms with Crippen LogP contribution in [-0.4, -0.2) is 4.83 Å². The van der Waals surface area contributed by atoms with Crippen molar-refractivity contribution < 1.29 is 0 Å². The van der Waals surface area contributed by atoms with Crippen LogP contribution in [0.4, 0.5) is 0 Å². The summed E-state index contributed by atoms with van der Waals surface area (Å²) >= 11 is 16.0. The highest BCUT2D eigenvalue weighted by Gasteiger charge is 2.49. The van der Waals surface area contributed by atoms with E-state index >= 15 is 0 Å². The van der Waals surface area contributed by atoms with E-state index < -0.39 is 0 Å². The molecule has 2 aromatic carbocycles. The van der Waals surface area contributed by atoms with Crippen molar-refractivity contribution in [3.8, 4) is 0 Å². The van der Waals surface area contributed by atoms with Gasteiger partial charge < -0.3 is 0 Å². The maximum Gasteiger partial charge on any atom is 0.0595 e. The maximum absolute atomic E-state index is 6.10. The zero-order valence-electron chi connectivity index (χ0n) is 11.0. The fourth-order valence-electron chi connectivity index (χ4n) is 2.76. The maximum atomic E-state index is 6.10. The van der Waals surface area contributed by atoms with Crippen molar-refractivity contribution in [2.45, 2.75) is 29.5 Å². The Labute approximate surface area is 138 Å². The Balaban J connectivity index is 1.79. The van der Waals surface area contributed by atoms with Crippen LogP contribution < -0.4 is 0 Å². The first-order valence-corrected chi connectivity index (χ1v) is 8.42. The molecule has 0 aliphatic heterocycles. The third kappa shape index (κ3) is 2.77. The van der Waals surface area contributed by atoms with E-state index in [1.54, 1.807) is 0 Å². The van der Waals surface area contributed by atoms with Crippen LogP contribution in [0.3, 0.4) is 0 Å². The Morgan fingerprint density at radius 3 is 2.30 bits per heavy atom. The van der Waals surface area contributed by atoms with Crippen LogP contribution in [0.5, 0.6) is 0 Å². The molecule has 0 N–H and O–H groups in total. The van der Waals surface area contributed by atoms with Gasteiger partial charge in [-0.15, -0.1) is 0 Å². The van der Waals surface area contributed by atoms with Gasteiger partial charge in [-0.1, -0.05) is 75.5 Å². The molecule has 0 heterocycles. The lowest BCUT2D eigenvalue weighted by Gasteiger charge is -2.22. The SMILES string of the molecule is Clc1ccc(CC(Br)C2(c3ccccc3)CC2)cc1Cl. The molecule has 1 fully saturated rings. The van der Waals surface area contributed by atoms with E-state index in [1.807, 2.05) is 12.1 Å². The minimum atomic E-state index is 0.285. The van der Waals surface area contributed by atoms with Gasteiger partial charge in [0.15, 0.2) is 0 Å². The second-order valence-corrected chi connectivity index (χ2v) is 7.36. The average molecular weight is 370 g/mol. The highest BCUT2D eigenvalue weighted by Crippen LogP contribution is 2.54. The first-order chi connectivity index (χ1) is 9.62. The van der Waals surface area contributed by atoms with Crippen molar-refractivity contribution >= 4 is 39.1 Å². The van der Waals surface area contributed by atoms with Crippen LogP contribution in [0.15, 0.2) is 48.5 Å². The number of hydrogen-bond donors (Lipinski definition) is 0. The molecule has 1 saturated carbocycles. The van der Waals surface area contributed by atoms with Crippen molar-refractivity contribution in [3.05, 3.63) is 69.7 Å². The molecular formula is C17H15BrCl2. The van der Waals surface area contributed by atoms with E-state index in [1.165, 1.54) is 24.0 Å². The molecule has 1 unspecified atom stereocenters. The fraction of sp³-hybridized carbons (Fsp3) is 0.294. The van der Waals surface area contributed by atoms with Crippen molar-refractivity contribution in [3.63, 3.8) is 0 Å². The predicted molar refractivity (Wildman–Crippen MR) is 90.2 cm³/mol. The van der Waals surface area contributed by atoms with Gasteiger partial charge in [0.2, 0.25) is 0 Å². The molecule has 0 nitrogen and oxygen atoms in total. The number of hydrogen-bond acceptors (Lipinski definition) is 0. The summed E-state index contributed by atoms with van der Waals surface area (Å²) < 4.78 is 0. The molecule has 0 amide bonds. The van der Waals surface area contributed by atoms with Gasteiger partial charge in [-0.05, 0) is 42.5 Å². The Hall–Kier alpha value is -0.500. The van der Waals surface area contributed by atoms with Gasteiger partial charge >= 0.3 is 0 Å². The first-order valence-electron chi connectivity index (χ1n) is 6.75. The van der Waals surface area contributed by atoms with Gasteiger partial charge in [-0.3, -0.25) is 0 Å². The summed E-state index contributed by atoms with van der Waals surface area (Å²) in [5, 5.41) is 1.25. The second kappa shape index (κ2) is 5.71. The average Bonchev–Trinajstić information content (AvgIpc) is 3.26. The quantitative estimate of drug-likeness (QED) is 0.577. The van der Waals surface area contributed by atoms with Gasteiger partial charge in [0.05, 0.1) is 10.0 Å². The zero-order chi connectivity index (χ0) is 14.2. The summed E-state index contributed by atoms with van der Waals surface area (Å²) in [6.07, 6.45) is 3.45. The number of rotatable bonds is 4. The largest absolute Gasteiger partial charge is 0.0877 e. The van der Waals surface area contributed by atoms with Gasteiger partial charge in [-0.2, -0.15) is 0 Å². The summed E-state index contributed by atoms with van der Waals surface area (Å²) in [6.45, 7) is 0. The topological polar surface area (TPSA) is 0 Å². The Morgan fingerprint density at radius 1 is 1.00 bits per heavy atom. The predicted octanol–water partition coefficient (Wildman–Crippen LogP) is 6.03. The van der Waals surface area contributed by atoms with Gasteiger partial charge in [0, 0.05) is 10.2 Å². The van der Waals surface area contributed by atoms with E-state index in [4.69, 9.17) is 23.2 Å². The second-order valence-electron chi connectivity index (χ2n) is 5.44. The molecule has 1 aliphatic rings.